The molecule has 0 aliphatic rings. The zero-order valence-electron chi connectivity index (χ0n) is 55.6. The van der Waals surface area contributed by atoms with Crippen LogP contribution >= 0.6 is 15.9 Å². The van der Waals surface area contributed by atoms with Crippen LogP contribution in [0.1, 0.15) is 0 Å². The van der Waals surface area contributed by atoms with Gasteiger partial charge in [-0.05, 0) is 114 Å². The zero-order valence-corrected chi connectivity index (χ0v) is 57.2. The summed E-state index contributed by atoms with van der Waals surface area (Å²) in [4.78, 5) is 29.5. The Morgan fingerprint density at radius 1 is 0.260 bits per heavy atom. The summed E-state index contributed by atoms with van der Waals surface area (Å²) in [7, 11) is -1.46. The Kier molecular flexibility index (Phi) is 16.4. The molecule has 0 saturated heterocycles. The van der Waals surface area contributed by atoms with Gasteiger partial charge in [-0.25, -0.2) is 29.9 Å². The van der Waals surface area contributed by atoms with Crippen LogP contribution in [0.15, 0.2) is 353 Å². The van der Waals surface area contributed by atoms with Crippen LogP contribution in [0.3, 0.4) is 0 Å². The van der Waals surface area contributed by atoms with Crippen molar-refractivity contribution in [2.45, 2.75) is 0 Å². The van der Waals surface area contributed by atoms with Gasteiger partial charge in [0.2, 0.25) is 0 Å². The van der Waals surface area contributed by atoms with E-state index in [1.54, 1.807) is 6.07 Å². The first-order chi connectivity index (χ1) is 51.3. The van der Waals surface area contributed by atoms with Gasteiger partial charge in [-0.3, -0.25) is 0 Å². The van der Waals surface area contributed by atoms with Crippen molar-refractivity contribution in [2.24, 2.45) is 0 Å². The molecule has 12 nitrogen and oxygen atoms in total. The number of halogens is 1. The molecule has 0 amide bonds. The largest absolute Gasteiger partial charge is 0.488 e. The second-order valence-corrected chi connectivity index (χ2v) is 26.2. The first kappa shape index (κ1) is 63.0. The monoisotopic (exact) mass is 1400 g/mol. The highest BCUT2D eigenvalue weighted by Gasteiger charge is 2.23. The number of rotatable bonds is 10. The molecule has 2 N–H and O–H groups in total. The lowest BCUT2D eigenvalue weighted by molar-refractivity contribution is 0.426. The summed E-state index contributed by atoms with van der Waals surface area (Å²) in [6, 6.07) is 114. The Balaban J connectivity index is 0.000000122. The molecule has 0 bridgehead atoms. The topological polar surface area (TPSA) is 154 Å². The van der Waals surface area contributed by atoms with E-state index in [0.717, 1.165) is 126 Å². The van der Waals surface area contributed by atoms with Gasteiger partial charge in [0.25, 0.3) is 0 Å². The smallest absolute Gasteiger partial charge is 0.456 e. The molecule has 0 aliphatic carbocycles. The van der Waals surface area contributed by atoms with Gasteiger partial charge in [-0.1, -0.05) is 259 Å². The van der Waals surface area contributed by atoms with Crippen LogP contribution in [0.5, 0.6) is 0 Å². The normalized spacial score (nSPS) is 11.4. The lowest BCUT2D eigenvalue weighted by Gasteiger charge is -2.09. The molecule has 0 unspecified atom stereocenters. The number of nitrogens with zero attached hydrogens (tertiary/aromatic N) is 8. The lowest BCUT2D eigenvalue weighted by atomic mass is 9.80. The van der Waals surface area contributed by atoms with Gasteiger partial charge in [0.05, 0.1) is 22.1 Å². The summed E-state index contributed by atoms with van der Waals surface area (Å²) in [6.07, 6.45) is 0. The van der Waals surface area contributed by atoms with E-state index in [4.69, 9.17) is 38.7 Å². The van der Waals surface area contributed by atoms with Gasteiger partial charge in [0.1, 0.15) is 22.3 Å². The molecule has 0 radical (unpaired) electrons. The molecular weight excluding hydrogens is 1350 g/mol. The molecule has 0 spiro atoms. The van der Waals surface area contributed by atoms with Crippen molar-refractivity contribution < 1.29 is 18.9 Å². The van der Waals surface area contributed by atoms with Crippen LogP contribution in [0.25, 0.3) is 178 Å². The zero-order chi connectivity index (χ0) is 69.6. The van der Waals surface area contributed by atoms with Crippen LogP contribution < -0.4 is 5.46 Å². The molecule has 0 atom stereocenters. The predicted molar refractivity (Wildman–Crippen MR) is 425 cm³/mol. The highest BCUT2D eigenvalue weighted by Crippen LogP contribution is 2.42. The van der Waals surface area contributed by atoms with Gasteiger partial charge in [-0.2, -0.15) is 0 Å². The first-order valence-corrected chi connectivity index (χ1v) is 34.9. The highest BCUT2D eigenvalue weighted by molar-refractivity contribution is 9.10. The minimum absolute atomic E-state index is 0.503. The van der Waals surface area contributed by atoms with E-state index < -0.39 is 7.12 Å². The fraction of sp³-hybridized carbons (Fsp3) is 0. The Hall–Kier alpha value is -13.2. The maximum atomic E-state index is 9.43. The van der Waals surface area contributed by atoms with Gasteiger partial charge in [-0.15, -0.1) is 0 Å². The van der Waals surface area contributed by atoms with E-state index in [0.29, 0.717) is 40.4 Å². The van der Waals surface area contributed by atoms with Crippen molar-refractivity contribution in [1.82, 2.24) is 39.0 Å². The summed E-state index contributed by atoms with van der Waals surface area (Å²) < 4.78 is 18.1. The van der Waals surface area contributed by atoms with E-state index in [9.17, 15) is 10.0 Å². The van der Waals surface area contributed by atoms with E-state index in [1.165, 1.54) is 21.8 Å². The van der Waals surface area contributed by atoms with Crippen LogP contribution in [-0.2, 0) is 0 Å². The number of fused-ring (bicyclic) bond motifs is 12. The third-order valence-electron chi connectivity index (χ3n) is 18.9. The molecule has 14 aromatic carbocycles. The third-order valence-corrected chi connectivity index (χ3v) is 19.4. The molecule has 14 heteroatoms. The number of benzene rings is 14. The molecule has 6 heterocycles. The van der Waals surface area contributed by atoms with Crippen molar-refractivity contribution >= 4 is 116 Å². The lowest BCUT2D eigenvalue weighted by Crippen LogP contribution is -2.29. The summed E-state index contributed by atoms with van der Waals surface area (Å²) in [5.41, 5.74) is 18.3. The summed E-state index contributed by atoms with van der Waals surface area (Å²) in [5, 5.41) is 27.4. The fourth-order valence-corrected chi connectivity index (χ4v) is 14.4. The van der Waals surface area contributed by atoms with Crippen molar-refractivity contribution in [3.8, 4) is 90.8 Å². The number of hydrogen-bond acceptors (Lipinski definition) is 10. The molecule has 20 rings (SSSR count). The number of hydrogen-bond donors (Lipinski definition) is 2. The van der Waals surface area contributed by atoms with Gasteiger partial charge in [0, 0.05) is 92.3 Å². The first-order valence-electron chi connectivity index (χ1n) is 34.1. The Labute approximate surface area is 605 Å². The van der Waals surface area contributed by atoms with E-state index >= 15 is 0 Å². The summed E-state index contributed by atoms with van der Waals surface area (Å²) >= 11 is 3.59. The Morgan fingerprint density at radius 2 is 0.606 bits per heavy atom. The molecule has 104 heavy (non-hydrogen) atoms. The maximum absolute atomic E-state index is 9.43. The average molecular weight is 1410 g/mol. The third kappa shape index (κ3) is 11.8. The van der Waals surface area contributed by atoms with Gasteiger partial charge >= 0.3 is 7.12 Å². The molecule has 6 aromatic heterocycles. The molecule has 20 aromatic rings. The van der Waals surface area contributed by atoms with E-state index in [1.807, 2.05) is 206 Å². The summed E-state index contributed by atoms with van der Waals surface area (Å²) in [6.45, 7) is 0. The Bertz CT molecular complexity index is 6480. The fourth-order valence-electron chi connectivity index (χ4n) is 14.1. The average Bonchev–Trinajstić information content (AvgIpc) is 1.60. The second kappa shape index (κ2) is 27.0. The van der Waals surface area contributed by atoms with Crippen molar-refractivity contribution in [3.63, 3.8) is 0 Å². The van der Waals surface area contributed by atoms with Gasteiger partial charge in [0.15, 0.2) is 34.9 Å². The Morgan fingerprint density at radius 3 is 1.05 bits per heavy atom. The van der Waals surface area contributed by atoms with Crippen molar-refractivity contribution in [3.05, 3.63) is 344 Å². The molecular formula is C90H58BBrN8O4. The van der Waals surface area contributed by atoms with E-state index in [-0.39, 0.29) is 0 Å². The number of furan rings is 2. The number of aromatic nitrogens is 8. The SMILES string of the molecule is Brc1ccc2oc3cccc(-c4nc(-c5ccccc5)nc(-c5ccccc5)n4)c3c2c1.OB(O)c1ccc2c(c1)c1ccccc1n2-c1ccccc1.c1ccc(-c2nc(-c3ccccc3)nc(-c3cccc4oc5ccc(-c6ccc7c(c6)c6ccccc6n7-c6ccccc6)cc5c34)n2)cc1. The van der Waals surface area contributed by atoms with Crippen molar-refractivity contribution in [2.75, 3.05) is 0 Å². The van der Waals surface area contributed by atoms with Crippen LogP contribution in [-0.4, -0.2) is 56.2 Å². The predicted octanol–water partition coefficient (Wildman–Crippen LogP) is 21.5. The van der Waals surface area contributed by atoms with Crippen LogP contribution in [0, 0.1) is 0 Å². The summed E-state index contributed by atoms with van der Waals surface area (Å²) in [5.74, 6) is 3.75. The quantitative estimate of drug-likeness (QED) is 0.127. The number of para-hydroxylation sites is 4. The molecule has 0 aliphatic heterocycles. The molecule has 0 saturated carbocycles. The standard InChI is InChI=1S/C45H28N4O.C27H16BrN3O.C18H14BNO2/c1-4-13-29(14-5-1)43-46-44(30-15-6-2-7-16-30)48-45(47-43)35-20-12-22-41-42(35)37-28-32(24-26-40(37)50-41)31-23-25-39-36(27-31)34-19-10-11-21-38(34)49(39)33-17-8-3-9-18-33;28-19-14-15-22-21(16-19)24-20(12-7-13-23(24)32-22)27-30-25(17-8-3-1-4-9-17)29-26(31-27)18-10-5-2-6-11-18;21-19(22)13-10-11-18-16(12-13)15-8-4-5-9-17(15)20(18)14-6-2-1-3-7-14/h1-28H;1-16H;1-12,21-22H. The molecule has 492 valence electrons. The van der Waals surface area contributed by atoms with E-state index in [2.05, 4.69) is 152 Å². The van der Waals surface area contributed by atoms with Gasteiger partial charge < -0.3 is 28.0 Å². The molecule has 0 fully saturated rings. The second-order valence-electron chi connectivity index (χ2n) is 25.2. The van der Waals surface area contributed by atoms with Crippen LogP contribution in [0.4, 0.5) is 0 Å². The van der Waals surface area contributed by atoms with Crippen molar-refractivity contribution in [1.29, 1.82) is 0 Å². The minimum atomic E-state index is -1.46. The van der Waals surface area contributed by atoms with Crippen LogP contribution in [0.2, 0.25) is 0 Å². The highest BCUT2D eigenvalue weighted by atomic mass is 79.9. The minimum Gasteiger partial charge on any atom is -0.456 e. The maximum Gasteiger partial charge on any atom is 0.488 e.